The molecule has 3 rings (SSSR count). The average molecular weight is 397 g/mol. The lowest BCUT2D eigenvalue weighted by Gasteiger charge is -2.24. The fourth-order valence-corrected chi connectivity index (χ4v) is 3.40. The first-order valence-electron chi connectivity index (χ1n) is 9.39. The molecule has 0 bridgehead atoms. The molecule has 4 nitrogen and oxygen atoms in total. The maximum absolute atomic E-state index is 13.0. The summed E-state index contributed by atoms with van der Waals surface area (Å²) in [6, 6.07) is 21.3. The molecule has 146 valence electrons. The molecule has 0 N–H and O–H groups in total. The molecule has 0 aliphatic rings. The van der Waals surface area contributed by atoms with Crippen LogP contribution in [0.15, 0.2) is 72.9 Å². The second kappa shape index (κ2) is 10.1. The number of carbonyl (C=O) groups excluding carboxylic acids is 1. The fourth-order valence-electron chi connectivity index (χ4n) is 3.19. The third kappa shape index (κ3) is 5.47. The van der Waals surface area contributed by atoms with E-state index in [1.54, 1.807) is 7.11 Å². The Morgan fingerprint density at radius 1 is 1.07 bits per heavy atom. The molecule has 5 heteroatoms. The second-order valence-corrected chi connectivity index (χ2v) is 7.13. The Labute approximate surface area is 171 Å². The van der Waals surface area contributed by atoms with Gasteiger partial charge in [-0.1, -0.05) is 41.9 Å². The van der Waals surface area contributed by atoms with Gasteiger partial charge < -0.3 is 14.2 Å². The van der Waals surface area contributed by atoms with Crippen molar-refractivity contribution in [2.24, 2.45) is 0 Å². The highest BCUT2D eigenvalue weighted by Gasteiger charge is 2.17. The number of nitrogens with zero attached hydrogens (tertiary/aromatic N) is 2. The van der Waals surface area contributed by atoms with Crippen molar-refractivity contribution in [2.75, 3.05) is 20.3 Å². The zero-order chi connectivity index (χ0) is 19.8. The number of amides is 1. The van der Waals surface area contributed by atoms with Gasteiger partial charge in [0.2, 0.25) is 0 Å². The van der Waals surface area contributed by atoms with Gasteiger partial charge in [-0.15, -0.1) is 0 Å². The van der Waals surface area contributed by atoms with Gasteiger partial charge in [0.1, 0.15) is 0 Å². The summed E-state index contributed by atoms with van der Waals surface area (Å²) >= 11 is 6.12. The molecule has 0 spiro atoms. The first kappa shape index (κ1) is 20.2. The standard InChI is InChI=1S/C23H25ClN2O2/c1-28-15-7-14-26(23(27)20-9-3-2-4-10-20)18-22-12-6-13-25(22)17-19-8-5-11-21(24)16-19/h2-6,8-13,16H,7,14-15,17-18H2,1H3. The normalized spacial score (nSPS) is 10.8. The fraction of sp³-hybridized carbons (Fsp3) is 0.261. The summed E-state index contributed by atoms with van der Waals surface area (Å²) < 4.78 is 7.33. The van der Waals surface area contributed by atoms with E-state index in [-0.39, 0.29) is 5.91 Å². The maximum atomic E-state index is 13.0. The summed E-state index contributed by atoms with van der Waals surface area (Å²) in [5.41, 5.74) is 2.92. The highest BCUT2D eigenvalue weighted by atomic mass is 35.5. The number of ether oxygens (including phenoxy) is 1. The molecule has 0 aliphatic carbocycles. The highest BCUT2D eigenvalue weighted by molar-refractivity contribution is 6.30. The molecule has 28 heavy (non-hydrogen) atoms. The molecule has 0 unspecified atom stereocenters. The van der Waals surface area contributed by atoms with Crippen molar-refractivity contribution < 1.29 is 9.53 Å². The van der Waals surface area contributed by atoms with Crippen LogP contribution in [0.5, 0.6) is 0 Å². The number of carbonyl (C=O) groups is 1. The minimum Gasteiger partial charge on any atom is -0.385 e. The number of rotatable bonds is 9. The minimum absolute atomic E-state index is 0.0345. The molecule has 0 atom stereocenters. The maximum Gasteiger partial charge on any atom is 0.254 e. The van der Waals surface area contributed by atoms with Gasteiger partial charge in [-0.3, -0.25) is 4.79 Å². The van der Waals surface area contributed by atoms with E-state index in [0.29, 0.717) is 31.8 Å². The van der Waals surface area contributed by atoms with Gasteiger partial charge in [0.05, 0.1) is 6.54 Å². The van der Waals surface area contributed by atoms with E-state index >= 15 is 0 Å². The first-order chi connectivity index (χ1) is 13.7. The van der Waals surface area contributed by atoms with Crippen molar-refractivity contribution in [3.63, 3.8) is 0 Å². The van der Waals surface area contributed by atoms with Crippen molar-refractivity contribution >= 4 is 17.5 Å². The van der Waals surface area contributed by atoms with Crippen LogP contribution in [0.3, 0.4) is 0 Å². The summed E-state index contributed by atoms with van der Waals surface area (Å²) in [7, 11) is 1.68. The van der Waals surface area contributed by atoms with Gasteiger partial charge in [0.15, 0.2) is 0 Å². The summed E-state index contributed by atoms with van der Waals surface area (Å²) in [5, 5.41) is 0.728. The molecule has 1 amide bonds. The molecule has 3 aromatic rings. The van der Waals surface area contributed by atoms with Crippen molar-refractivity contribution in [3.05, 3.63) is 94.8 Å². The van der Waals surface area contributed by atoms with E-state index in [2.05, 4.69) is 16.7 Å². The quantitative estimate of drug-likeness (QED) is 0.483. The van der Waals surface area contributed by atoms with Crippen LogP contribution in [0.25, 0.3) is 0 Å². The van der Waals surface area contributed by atoms with Crippen molar-refractivity contribution in [2.45, 2.75) is 19.5 Å². The molecule has 0 radical (unpaired) electrons. The van der Waals surface area contributed by atoms with E-state index in [4.69, 9.17) is 16.3 Å². The van der Waals surface area contributed by atoms with Gasteiger partial charge in [-0.2, -0.15) is 0 Å². The first-order valence-corrected chi connectivity index (χ1v) is 9.77. The van der Waals surface area contributed by atoms with Crippen LogP contribution >= 0.6 is 11.6 Å². The largest absolute Gasteiger partial charge is 0.385 e. The molecule has 1 aromatic heterocycles. The molecular weight excluding hydrogens is 372 g/mol. The van der Waals surface area contributed by atoms with Gasteiger partial charge >= 0.3 is 0 Å². The molecule has 0 aliphatic heterocycles. The third-order valence-electron chi connectivity index (χ3n) is 4.60. The Bertz CT molecular complexity index is 892. The van der Waals surface area contributed by atoms with Gasteiger partial charge in [-0.05, 0) is 48.4 Å². The van der Waals surface area contributed by atoms with E-state index < -0.39 is 0 Å². The lowest BCUT2D eigenvalue weighted by molar-refractivity contribution is 0.0720. The zero-order valence-corrected chi connectivity index (χ0v) is 16.8. The van der Waals surface area contributed by atoms with Crippen LogP contribution in [0.1, 0.15) is 28.0 Å². The Morgan fingerprint density at radius 2 is 1.89 bits per heavy atom. The second-order valence-electron chi connectivity index (χ2n) is 6.70. The van der Waals surface area contributed by atoms with Crippen molar-refractivity contribution in [1.29, 1.82) is 0 Å². The predicted molar refractivity (Wildman–Crippen MR) is 113 cm³/mol. The van der Waals surface area contributed by atoms with Crippen molar-refractivity contribution in [1.82, 2.24) is 9.47 Å². The number of aromatic nitrogens is 1. The van der Waals surface area contributed by atoms with E-state index in [0.717, 1.165) is 22.7 Å². The lowest BCUT2D eigenvalue weighted by Crippen LogP contribution is -2.33. The summed E-state index contributed by atoms with van der Waals surface area (Å²) in [6.45, 7) is 2.53. The lowest BCUT2D eigenvalue weighted by atomic mass is 10.2. The number of methoxy groups -OCH3 is 1. The Hall–Kier alpha value is -2.56. The topological polar surface area (TPSA) is 34.5 Å². The average Bonchev–Trinajstić information content (AvgIpc) is 3.14. The van der Waals surface area contributed by atoms with E-state index in [1.807, 2.05) is 65.7 Å². The Balaban J connectivity index is 1.77. The SMILES string of the molecule is COCCCN(Cc1cccn1Cc1cccc(Cl)c1)C(=O)c1ccccc1. The zero-order valence-electron chi connectivity index (χ0n) is 16.1. The van der Waals surface area contributed by atoms with Gasteiger partial charge in [0.25, 0.3) is 5.91 Å². The van der Waals surface area contributed by atoms with Crippen LogP contribution < -0.4 is 0 Å². The van der Waals surface area contributed by atoms with E-state index in [9.17, 15) is 4.79 Å². The molecule has 0 fully saturated rings. The molecule has 2 aromatic carbocycles. The van der Waals surface area contributed by atoms with E-state index in [1.165, 1.54) is 0 Å². The summed E-state index contributed by atoms with van der Waals surface area (Å²) in [6.07, 6.45) is 2.83. The Morgan fingerprint density at radius 3 is 2.64 bits per heavy atom. The van der Waals surface area contributed by atoms with Crippen LogP contribution in [-0.4, -0.2) is 35.6 Å². The van der Waals surface area contributed by atoms with Gasteiger partial charge in [-0.25, -0.2) is 0 Å². The highest BCUT2D eigenvalue weighted by Crippen LogP contribution is 2.16. The van der Waals surface area contributed by atoms with Crippen LogP contribution in [0.2, 0.25) is 5.02 Å². The summed E-state index contributed by atoms with van der Waals surface area (Å²) in [4.78, 5) is 14.9. The van der Waals surface area contributed by atoms with Crippen molar-refractivity contribution in [3.8, 4) is 0 Å². The van der Waals surface area contributed by atoms with Gasteiger partial charge in [0, 0.05) is 49.3 Å². The van der Waals surface area contributed by atoms with Crippen LogP contribution in [0.4, 0.5) is 0 Å². The monoisotopic (exact) mass is 396 g/mol. The number of hydrogen-bond acceptors (Lipinski definition) is 2. The number of halogens is 1. The molecular formula is C23H25ClN2O2. The molecule has 1 heterocycles. The third-order valence-corrected chi connectivity index (χ3v) is 4.84. The van der Waals surface area contributed by atoms with Crippen LogP contribution in [0, 0.1) is 0 Å². The predicted octanol–water partition coefficient (Wildman–Crippen LogP) is 4.87. The number of benzene rings is 2. The number of hydrogen-bond donors (Lipinski definition) is 0. The minimum atomic E-state index is 0.0345. The summed E-state index contributed by atoms with van der Waals surface area (Å²) in [5.74, 6) is 0.0345. The molecule has 0 saturated heterocycles. The van der Waals surface area contributed by atoms with Crippen LogP contribution in [-0.2, 0) is 17.8 Å². The Kier molecular flexibility index (Phi) is 7.29. The molecule has 0 saturated carbocycles. The smallest absolute Gasteiger partial charge is 0.254 e.